The lowest BCUT2D eigenvalue weighted by molar-refractivity contribution is -0.133. The molecule has 0 unspecified atom stereocenters. The van der Waals surface area contributed by atoms with E-state index in [1.54, 1.807) is 0 Å². The minimum Gasteiger partial charge on any atom is -0.335 e. The predicted molar refractivity (Wildman–Crippen MR) is 84.1 cm³/mol. The van der Waals surface area contributed by atoms with Crippen molar-refractivity contribution in [3.05, 3.63) is 29.8 Å². The molecule has 0 heterocycles. The lowest BCUT2D eigenvalue weighted by Crippen LogP contribution is -2.33. The van der Waals surface area contributed by atoms with Gasteiger partial charge < -0.3 is 10.2 Å². The van der Waals surface area contributed by atoms with Crippen molar-refractivity contribution in [3.8, 4) is 0 Å². The van der Waals surface area contributed by atoms with Gasteiger partial charge in [-0.05, 0) is 56.2 Å². The maximum absolute atomic E-state index is 12.4. The van der Waals surface area contributed by atoms with Crippen molar-refractivity contribution >= 4 is 17.5 Å². The zero-order valence-corrected chi connectivity index (χ0v) is 12.8. The molecule has 3 saturated carbocycles. The number of benzene rings is 1. The summed E-state index contributed by atoms with van der Waals surface area (Å²) in [6.07, 6.45) is 6.46. The van der Waals surface area contributed by atoms with Crippen molar-refractivity contribution < 1.29 is 9.59 Å². The Kier molecular flexibility index (Phi) is 3.40. The monoisotopic (exact) mass is 298 g/mol. The summed E-state index contributed by atoms with van der Waals surface area (Å²) in [5.41, 5.74) is 2.00. The number of rotatable bonds is 6. The van der Waals surface area contributed by atoms with Crippen LogP contribution >= 0.6 is 0 Å². The smallest absolute Gasteiger partial charge is 0.227 e. The van der Waals surface area contributed by atoms with Crippen molar-refractivity contribution in [2.75, 3.05) is 5.32 Å². The Bertz CT molecular complexity index is 584. The highest BCUT2D eigenvalue weighted by molar-refractivity contribution is 5.94. The molecule has 3 aliphatic rings. The molecule has 4 rings (SSSR count). The van der Waals surface area contributed by atoms with Crippen molar-refractivity contribution in [1.82, 2.24) is 4.90 Å². The van der Waals surface area contributed by atoms with E-state index in [4.69, 9.17) is 0 Å². The molecular weight excluding hydrogens is 276 g/mol. The third-order valence-electron chi connectivity index (χ3n) is 4.72. The third-order valence-corrected chi connectivity index (χ3v) is 4.72. The number of carbonyl (C=O) groups is 2. The first-order valence-electron chi connectivity index (χ1n) is 8.41. The maximum atomic E-state index is 12.4. The topological polar surface area (TPSA) is 49.4 Å². The van der Waals surface area contributed by atoms with Crippen LogP contribution in [0.1, 0.15) is 44.1 Å². The lowest BCUT2D eigenvalue weighted by atomic mass is 10.1. The molecule has 0 spiro atoms. The van der Waals surface area contributed by atoms with Gasteiger partial charge in [0.2, 0.25) is 11.8 Å². The molecule has 3 fully saturated rings. The van der Waals surface area contributed by atoms with Crippen LogP contribution in [0.2, 0.25) is 0 Å². The van der Waals surface area contributed by atoms with Crippen LogP contribution in [-0.4, -0.2) is 22.8 Å². The molecule has 4 heteroatoms. The van der Waals surface area contributed by atoms with E-state index < -0.39 is 0 Å². The van der Waals surface area contributed by atoms with Gasteiger partial charge in [-0.25, -0.2) is 0 Å². The molecule has 0 radical (unpaired) electrons. The Labute approximate surface area is 130 Å². The molecule has 1 N–H and O–H groups in total. The van der Waals surface area contributed by atoms with Gasteiger partial charge >= 0.3 is 0 Å². The molecule has 0 bridgehead atoms. The molecule has 3 aliphatic carbocycles. The van der Waals surface area contributed by atoms with Gasteiger partial charge in [-0.3, -0.25) is 9.59 Å². The molecule has 4 nitrogen and oxygen atoms in total. The second-order valence-electron chi connectivity index (χ2n) is 6.93. The fraction of sp³-hybridized carbons (Fsp3) is 0.556. The Balaban J connectivity index is 1.38. The molecule has 2 amide bonds. The molecule has 0 saturated heterocycles. The number of nitrogens with zero attached hydrogens (tertiary/aromatic N) is 1. The van der Waals surface area contributed by atoms with E-state index >= 15 is 0 Å². The molecule has 22 heavy (non-hydrogen) atoms. The van der Waals surface area contributed by atoms with Gasteiger partial charge in [0.1, 0.15) is 0 Å². The normalized spacial score (nSPS) is 20.5. The first-order chi connectivity index (χ1) is 10.7. The van der Waals surface area contributed by atoms with Crippen molar-refractivity contribution in [1.29, 1.82) is 0 Å². The van der Waals surface area contributed by atoms with Crippen molar-refractivity contribution in [3.63, 3.8) is 0 Å². The Morgan fingerprint density at radius 1 is 0.955 bits per heavy atom. The van der Waals surface area contributed by atoms with E-state index in [0.29, 0.717) is 18.5 Å². The summed E-state index contributed by atoms with van der Waals surface area (Å²) < 4.78 is 0. The molecular formula is C18H22N2O2. The zero-order chi connectivity index (χ0) is 15.1. The summed E-state index contributed by atoms with van der Waals surface area (Å²) in [5, 5.41) is 2.95. The van der Waals surface area contributed by atoms with Crippen LogP contribution < -0.4 is 5.32 Å². The fourth-order valence-electron chi connectivity index (χ4n) is 2.82. The first-order valence-corrected chi connectivity index (χ1v) is 8.41. The Morgan fingerprint density at radius 2 is 1.59 bits per heavy atom. The lowest BCUT2D eigenvalue weighted by Gasteiger charge is -2.22. The molecule has 1 aromatic carbocycles. The van der Waals surface area contributed by atoms with E-state index in [1.807, 2.05) is 24.3 Å². The van der Waals surface area contributed by atoms with Crippen LogP contribution in [0.4, 0.5) is 5.69 Å². The van der Waals surface area contributed by atoms with Crippen LogP contribution in [-0.2, 0) is 16.1 Å². The number of amides is 2. The average molecular weight is 298 g/mol. The quantitative estimate of drug-likeness (QED) is 0.878. The Hall–Kier alpha value is -1.84. The van der Waals surface area contributed by atoms with Crippen LogP contribution in [0.25, 0.3) is 0 Å². The van der Waals surface area contributed by atoms with Crippen LogP contribution in [0, 0.1) is 11.8 Å². The number of hydrogen-bond acceptors (Lipinski definition) is 2. The minimum atomic E-state index is 0.135. The Morgan fingerprint density at radius 3 is 2.14 bits per heavy atom. The maximum Gasteiger partial charge on any atom is 0.227 e. The predicted octanol–water partition coefficient (Wildman–Crippen LogP) is 2.94. The summed E-state index contributed by atoms with van der Waals surface area (Å²) in [6, 6.07) is 8.41. The van der Waals surface area contributed by atoms with Gasteiger partial charge in [0.25, 0.3) is 0 Å². The SMILES string of the molecule is O=C(Nc1ccc(CN(C(=O)C2CC2)C2CC2)cc1)C1CC1. The first kappa shape index (κ1) is 13.8. The number of hydrogen-bond donors (Lipinski definition) is 1. The molecule has 1 aromatic rings. The second kappa shape index (κ2) is 5.41. The fourth-order valence-corrected chi connectivity index (χ4v) is 2.82. The van der Waals surface area contributed by atoms with E-state index in [2.05, 4.69) is 10.2 Å². The van der Waals surface area contributed by atoms with Crippen LogP contribution in [0.5, 0.6) is 0 Å². The van der Waals surface area contributed by atoms with Crippen molar-refractivity contribution in [2.24, 2.45) is 11.8 Å². The number of nitrogens with one attached hydrogen (secondary N) is 1. The zero-order valence-electron chi connectivity index (χ0n) is 12.8. The van der Waals surface area contributed by atoms with Gasteiger partial charge in [0, 0.05) is 30.1 Å². The average Bonchev–Trinajstić information content (AvgIpc) is 3.42. The molecule has 0 aliphatic heterocycles. The minimum absolute atomic E-state index is 0.135. The van der Waals surface area contributed by atoms with Gasteiger partial charge in [-0.15, -0.1) is 0 Å². The van der Waals surface area contributed by atoms with Crippen LogP contribution in [0.3, 0.4) is 0 Å². The largest absolute Gasteiger partial charge is 0.335 e. The molecule has 0 atom stereocenters. The highest BCUT2D eigenvalue weighted by Crippen LogP contribution is 2.37. The standard InChI is InChI=1S/C18H22N2O2/c21-17(13-3-4-13)19-15-7-1-12(2-8-15)11-20(16-9-10-16)18(22)14-5-6-14/h1-2,7-8,13-14,16H,3-6,9-11H2,(H,19,21). The summed E-state index contributed by atoms with van der Waals surface area (Å²) in [6.45, 7) is 0.705. The second-order valence-corrected chi connectivity index (χ2v) is 6.93. The van der Waals surface area contributed by atoms with Gasteiger partial charge in [-0.1, -0.05) is 12.1 Å². The number of carbonyl (C=O) groups excluding carboxylic acids is 2. The van der Waals surface area contributed by atoms with E-state index in [0.717, 1.165) is 49.8 Å². The van der Waals surface area contributed by atoms with Gasteiger partial charge in [0.05, 0.1) is 0 Å². The third kappa shape index (κ3) is 3.16. The summed E-state index contributed by atoms with van der Waals surface area (Å²) in [7, 11) is 0. The van der Waals surface area contributed by atoms with E-state index in [-0.39, 0.29) is 17.7 Å². The molecule has 116 valence electrons. The van der Waals surface area contributed by atoms with Crippen LogP contribution in [0.15, 0.2) is 24.3 Å². The van der Waals surface area contributed by atoms with Gasteiger partial charge in [0.15, 0.2) is 0 Å². The van der Waals surface area contributed by atoms with E-state index in [1.165, 1.54) is 0 Å². The highest BCUT2D eigenvalue weighted by Gasteiger charge is 2.39. The molecule has 0 aromatic heterocycles. The van der Waals surface area contributed by atoms with Gasteiger partial charge in [-0.2, -0.15) is 0 Å². The van der Waals surface area contributed by atoms with E-state index in [9.17, 15) is 9.59 Å². The summed E-state index contributed by atoms with van der Waals surface area (Å²) in [5.74, 6) is 0.990. The summed E-state index contributed by atoms with van der Waals surface area (Å²) >= 11 is 0. The number of anilines is 1. The highest BCUT2D eigenvalue weighted by atomic mass is 16.2. The summed E-state index contributed by atoms with van der Waals surface area (Å²) in [4.78, 5) is 26.2. The van der Waals surface area contributed by atoms with Crippen molar-refractivity contribution in [2.45, 2.75) is 51.1 Å².